The molecule has 5 nitrogen and oxygen atoms in total. The second-order valence-corrected chi connectivity index (χ2v) is 3.28. The molecule has 1 atom stereocenters. The van der Waals surface area contributed by atoms with Crippen LogP contribution in [0.4, 0.5) is 0 Å². The van der Waals surface area contributed by atoms with E-state index in [1.807, 2.05) is 0 Å². The maximum Gasteiger partial charge on any atom is 0.304 e. The first kappa shape index (κ1) is 8.22. The number of carboxylic acids is 1. The van der Waals surface area contributed by atoms with Gasteiger partial charge in [0.2, 0.25) is 0 Å². The first-order valence-electron chi connectivity index (χ1n) is 4.37. The first-order chi connectivity index (χ1) is 6.27. The van der Waals surface area contributed by atoms with Crippen molar-refractivity contribution < 1.29 is 9.90 Å². The number of hydrogen-bond donors (Lipinski definition) is 1. The molecular weight excluding hydrogens is 170 g/mol. The van der Waals surface area contributed by atoms with Crippen LogP contribution in [0.15, 0.2) is 6.33 Å². The summed E-state index contributed by atoms with van der Waals surface area (Å²) in [6.45, 7) is 0.867. The third-order valence-corrected chi connectivity index (χ3v) is 2.35. The van der Waals surface area contributed by atoms with Gasteiger partial charge in [0.1, 0.15) is 12.2 Å². The average Bonchev–Trinajstić information content (AvgIpc) is 2.51. The summed E-state index contributed by atoms with van der Waals surface area (Å²) in [6.07, 6.45) is 3.56. The Morgan fingerprint density at radius 3 is 3.38 bits per heavy atom. The van der Waals surface area contributed by atoms with Gasteiger partial charge in [0, 0.05) is 12.5 Å². The van der Waals surface area contributed by atoms with Gasteiger partial charge in [-0.1, -0.05) is 0 Å². The van der Waals surface area contributed by atoms with Crippen molar-refractivity contribution in [3.05, 3.63) is 12.2 Å². The summed E-state index contributed by atoms with van der Waals surface area (Å²) in [4.78, 5) is 14.6. The molecule has 0 bridgehead atoms. The van der Waals surface area contributed by atoms with Gasteiger partial charge in [-0.2, -0.15) is 5.10 Å². The van der Waals surface area contributed by atoms with Crippen LogP contribution in [-0.4, -0.2) is 25.8 Å². The van der Waals surface area contributed by atoms with Gasteiger partial charge < -0.3 is 5.11 Å². The molecule has 2 heterocycles. The van der Waals surface area contributed by atoms with E-state index in [2.05, 4.69) is 10.1 Å². The van der Waals surface area contributed by atoms with Gasteiger partial charge in [-0.3, -0.25) is 4.79 Å². The van der Waals surface area contributed by atoms with Crippen molar-refractivity contribution in [3.8, 4) is 0 Å². The Hall–Kier alpha value is -1.39. The molecule has 1 unspecified atom stereocenters. The summed E-state index contributed by atoms with van der Waals surface area (Å²) >= 11 is 0. The molecule has 5 heteroatoms. The van der Waals surface area contributed by atoms with Crippen LogP contribution in [0.2, 0.25) is 0 Å². The lowest BCUT2D eigenvalue weighted by Crippen LogP contribution is -2.19. The van der Waals surface area contributed by atoms with E-state index in [-0.39, 0.29) is 12.3 Å². The first-order valence-corrected chi connectivity index (χ1v) is 4.37. The Labute approximate surface area is 75.4 Å². The monoisotopic (exact) mass is 181 g/mol. The molecule has 1 aromatic rings. The van der Waals surface area contributed by atoms with Gasteiger partial charge in [0.05, 0.1) is 6.42 Å². The van der Waals surface area contributed by atoms with Crippen LogP contribution >= 0.6 is 0 Å². The zero-order chi connectivity index (χ0) is 9.26. The van der Waals surface area contributed by atoms with Crippen LogP contribution in [0.3, 0.4) is 0 Å². The van der Waals surface area contributed by atoms with Gasteiger partial charge in [0.25, 0.3) is 0 Å². The molecular formula is C8H11N3O2. The van der Waals surface area contributed by atoms with Gasteiger partial charge in [0.15, 0.2) is 0 Å². The highest BCUT2D eigenvalue weighted by Gasteiger charge is 2.24. The minimum absolute atomic E-state index is 0.0498. The maximum absolute atomic E-state index is 10.5. The Kier molecular flexibility index (Phi) is 2.00. The fourth-order valence-corrected chi connectivity index (χ4v) is 1.78. The number of aromatic nitrogens is 3. The number of carbonyl (C=O) groups is 1. The third kappa shape index (κ3) is 1.54. The lowest BCUT2D eigenvalue weighted by atomic mass is 9.96. The number of aryl methyl sites for hydroxylation is 1. The van der Waals surface area contributed by atoms with Gasteiger partial charge >= 0.3 is 5.97 Å². The minimum Gasteiger partial charge on any atom is -0.481 e. The van der Waals surface area contributed by atoms with Crippen LogP contribution in [-0.2, 0) is 11.3 Å². The second kappa shape index (κ2) is 3.16. The summed E-state index contributed by atoms with van der Waals surface area (Å²) < 4.78 is 1.80. The third-order valence-electron chi connectivity index (χ3n) is 2.35. The standard InChI is InChI=1S/C8H11N3O2/c12-7(13)4-6-2-1-3-11-8(6)9-5-10-11/h5-6H,1-4H2,(H,12,13). The summed E-state index contributed by atoms with van der Waals surface area (Å²) in [7, 11) is 0. The molecule has 0 aromatic carbocycles. The number of aliphatic carboxylic acids is 1. The molecule has 1 aliphatic rings. The van der Waals surface area contributed by atoms with Crippen LogP contribution in [0.1, 0.15) is 31.0 Å². The van der Waals surface area contributed by atoms with Gasteiger partial charge in [-0.15, -0.1) is 0 Å². The average molecular weight is 181 g/mol. The highest BCUT2D eigenvalue weighted by atomic mass is 16.4. The van der Waals surface area contributed by atoms with Crippen LogP contribution in [0.25, 0.3) is 0 Å². The molecule has 2 rings (SSSR count). The van der Waals surface area contributed by atoms with E-state index in [0.29, 0.717) is 0 Å². The zero-order valence-corrected chi connectivity index (χ0v) is 7.18. The van der Waals surface area contributed by atoms with E-state index < -0.39 is 5.97 Å². The van der Waals surface area contributed by atoms with E-state index in [9.17, 15) is 4.79 Å². The fraction of sp³-hybridized carbons (Fsp3) is 0.625. The highest BCUT2D eigenvalue weighted by molar-refractivity contribution is 5.67. The Balaban J connectivity index is 2.20. The molecule has 70 valence electrons. The quantitative estimate of drug-likeness (QED) is 0.726. The number of hydrogen-bond acceptors (Lipinski definition) is 3. The van der Waals surface area contributed by atoms with Crippen LogP contribution in [0.5, 0.6) is 0 Å². The van der Waals surface area contributed by atoms with E-state index in [4.69, 9.17) is 5.11 Å². The highest BCUT2D eigenvalue weighted by Crippen LogP contribution is 2.27. The molecule has 0 fully saturated rings. The summed E-state index contributed by atoms with van der Waals surface area (Å²) in [6, 6.07) is 0. The molecule has 0 amide bonds. The number of rotatable bonds is 2. The Morgan fingerprint density at radius 2 is 2.62 bits per heavy atom. The van der Waals surface area contributed by atoms with Crippen molar-refractivity contribution in [3.63, 3.8) is 0 Å². The predicted octanol–water partition coefficient (Wildman–Crippen LogP) is 0.630. The van der Waals surface area contributed by atoms with Gasteiger partial charge in [-0.05, 0) is 12.8 Å². The molecule has 0 radical (unpaired) electrons. The van der Waals surface area contributed by atoms with E-state index >= 15 is 0 Å². The maximum atomic E-state index is 10.5. The topological polar surface area (TPSA) is 68.0 Å². The van der Waals surface area contributed by atoms with Crippen LogP contribution < -0.4 is 0 Å². The number of nitrogens with zero attached hydrogens (tertiary/aromatic N) is 3. The second-order valence-electron chi connectivity index (χ2n) is 3.28. The Bertz CT molecular complexity index is 321. The summed E-state index contributed by atoms with van der Waals surface area (Å²) in [5.74, 6) is 0.115. The molecule has 0 saturated carbocycles. The fourth-order valence-electron chi connectivity index (χ4n) is 1.78. The van der Waals surface area contributed by atoms with Crippen molar-refractivity contribution >= 4 is 5.97 Å². The zero-order valence-electron chi connectivity index (χ0n) is 7.18. The van der Waals surface area contributed by atoms with Crippen LogP contribution in [0, 0.1) is 0 Å². The molecule has 1 aliphatic heterocycles. The number of fused-ring (bicyclic) bond motifs is 1. The van der Waals surface area contributed by atoms with Crippen molar-refractivity contribution in [2.24, 2.45) is 0 Å². The molecule has 1 N–H and O–H groups in total. The van der Waals surface area contributed by atoms with E-state index in [1.54, 1.807) is 4.68 Å². The van der Waals surface area contributed by atoms with E-state index in [1.165, 1.54) is 6.33 Å². The lowest BCUT2D eigenvalue weighted by Gasteiger charge is -2.20. The molecule has 1 aromatic heterocycles. The normalized spacial score (nSPS) is 21.1. The smallest absolute Gasteiger partial charge is 0.304 e. The van der Waals surface area contributed by atoms with Crippen molar-refractivity contribution in [1.29, 1.82) is 0 Å². The lowest BCUT2D eigenvalue weighted by molar-refractivity contribution is -0.137. The van der Waals surface area contributed by atoms with Crippen molar-refractivity contribution in [2.75, 3.05) is 0 Å². The molecule has 0 aliphatic carbocycles. The largest absolute Gasteiger partial charge is 0.481 e. The molecule has 0 spiro atoms. The van der Waals surface area contributed by atoms with Crippen molar-refractivity contribution in [1.82, 2.24) is 14.8 Å². The van der Waals surface area contributed by atoms with Gasteiger partial charge in [-0.25, -0.2) is 9.67 Å². The minimum atomic E-state index is -0.763. The number of carboxylic acid groups (broad SMARTS) is 1. The summed E-state index contributed by atoms with van der Waals surface area (Å²) in [5.41, 5.74) is 0. The predicted molar refractivity (Wildman–Crippen MR) is 44.2 cm³/mol. The Morgan fingerprint density at radius 1 is 1.77 bits per heavy atom. The molecule has 13 heavy (non-hydrogen) atoms. The molecule has 0 saturated heterocycles. The SMILES string of the molecule is O=C(O)CC1CCCn2ncnc21. The van der Waals surface area contributed by atoms with E-state index in [0.717, 1.165) is 25.2 Å². The van der Waals surface area contributed by atoms with Crippen molar-refractivity contribution in [2.45, 2.75) is 31.7 Å². The summed E-state index contributed by atoms with van der Waals surface area (Å²) in [5, 5.41) is 12.7.